The van der Waals surface area contributed by atoms with Gasteiger partial charge >= 0.3 is 5.97 Å². The van der Waals surface area contributed by atoms with Crippen molar-refractivity contribution in [3.63, 3.8) is 0 Å². The van der Waals surface area contributed by atoms with Crippen LogP contribution >= 0.6 is 0 Å². The van der Waals surface area contributed by atoms with E-state index in [1.807, 2.05) is 34.6 Å². The molecule has 17 heavy (non-hydrogen) atoms. The van der Waals surface area contributed by atoms with E-state index in [9.17, 15) is 4.79 Å². The van der Waals surface area contributed by atoms with E-state index in [4.69, 9.17) is 10.00 Å². The monoisotopic (exact) mass is 236 g/mol. The minimum absolute atomic E-state index is 0.240. The minimum Gasteiger partial charge on any atom is -0.460 e. The van der Waals surface area contributed by atoms with Crippen LogP contribution in [0.5, 0.6) is 0 Å². The van der Waals surface area contributed by atoms with Gasteiger partial charge in [-0.1, -0.05) is 0 Å². The Morgan fingerprint density at radius 3 is 2.59 bits per heavy atom. The number of hydrogen-bond acceptors (Lipinski definition) is 4. The largest absolute Gasteiger partial charge is 0.460 e. The molecule has 1 aliphatic heterocycles. The zero-order valence-corrected chi connectivity index (χ0v) is 11.1. The van der Waals surface area contributed by atoms with Crippen LogP contribution in [0.4, 0.5) is 0 Å². The third-order valence-electron chi connectivity index (χ3n) is 3.11. The first-order chi connectivity index (χ1) is 7.70. The lowest BCUT2D eigenvalue weighted by atomic mass is 9.75. The average molecular weight is 236 g/mol. The molecule has 0 saturated heterocycles. The number of esters is 1. The fraction of sp³-hybridized carbons (Fsp3) is 0.692. The maximum Gasteiger partial charge on any atom is 0.311 e. The number of rotatable bonds is 3. The molecule has 1 rings (SSSR count). The van der Waals surface area contributed by atoms with Gasteiger partial charge in [0.2, 0.25) is 0 Å². The van der Waals surface area contributed by atoms with Gasteiger partial charge in [0.1, 0.15) is 5.60 Å². The van der Waals surface area contributed by atoms with Crippen molar-refractivity contribution in [1.82, 2.24) is 5.32 Å². The van der Waals surface area contributed by atoms with Gasteiger partial charge in [0.15, 0.2) is 0 Å². The van der Waals surface area contributed by atoms with Crippen LogP contribution in [0.3, 0.4) is 0 Å². The van der Waals surface area contributed by atoms with Crippen molar-refractivity contribution in [2.75, 3.05) is 0 Å². The number of nitrogens with zero attached hydrogens (tertiary/aromatic N) is 1. The molecule has 94 valence electrons. The van der Waals surface area contributed by atoms with Crippen molar-refractivity contribution in [3.8, 4) is 6.07 Å². The Morgan fingerprint density at radius 2 is 2.24 bits per heavy atom. The molecule has 0 aromatic rings. The van der Waals surface area contributed by atoms with E-state index in [-0.39, 0.29) is 11.9 Å². The van der Waals surface area contributed by atoms with E-state index in [0.29, 0.717) is 6.42 Å². The number of hydrogen-bond donors (Lipinski definition) is 1. The Bertz CT molecular complexity index is 387. The molecule has 2 atom stereocenters. The molecule has 1 unspecified atom stereocenters. The number of nitriles is 1. The highest BCUT2D eigenvalue weighted by atomic mass is 16.6. The highest BCUT2D eigenvalue weighted by molar-refractivity contribution is 5.75. The standard InChI is InChI=1S/C13H20N2O2/c1-9(11(16)17-12(2,3)4)13(5)10(6-7-14)8-15-13/h8-9,15H,6H2,1-5H3/t9-,13?/m0/s1. The summed E-state index contributed by atoms with van der Waals surface area (Å²) in [5.74, 6) is -0.550. The molecular formula is C13H20N2O2. The molecule has 4 nitrogen and oxygen atoms in total. The van der Waals surface area contributed by atoms with Crippen LogP contribution in [-0.2, 0) is 9.53 Å². The van der Waals surface area contributed by atoms with Crippen molar-refractivity contribution in [3.05, 3.63) is 11.8 Å². The lowest BCUT2D eigenvalue weighted by Gasteiger charge is -2.44. The summed E-state index contributed by atoms with van der Waals surface area (Å²) in [6.07, 6.45) is 2.14. The summed E-state index contributed by atoms with van der Waals surface area (Å²) in [4.78, 5) is 12.0. The molecule has 0 aromatic carbocycles. The topological polar surface area (TPSA) is 62.1 Å². The first-order valence-electron chi connectivity index (χ1n) is 5.78. The Hall–Kier alpha value is -1.50. The number of nitrogens with one attached hydrogen (secondary N) is 1. The van der Waals surface area contributed by atoms with Crippen LogP contribution in [0.15, 0.2) is 11.8 Å². The van der Waals surface area contributed by atoms with Gasteiger partial charge in [-0.3, -0.25) is 4.79 Å². The number of ether oxygens (including phenoxy) is 1. The highest BCUT2D eigenvalue weighted by Gasteiger charge is 2.44. The van der Waals surface area contributed by atoms with Gasteiger partial charge in [0.05, 0.1) is 23.9 Å². The summed E-state index contributed by atoms with van der Waals surface area (Å²) in [5, 5.41) is 11.8. The first kappa shape index (κ1) is 13.6. The van der Waals surface area contributed by atoms with Crippen LogP contribution < -0.4 is 5.32 Å². The van der Waals surface area contributed by atoms with E-state index >= 15 is 0 Å². The number of carbonyl (C=O) groups excluding carboxylic acids is 1. The predicted octanol–water partition coefficient (Wildman–Crippen LogP) is 2.12. The third kappa shape index (κ3) is 2.79. The van der Waals surface area contributed by atoms with Crippen LogP contribution in [0, 0.1) is 17.2 Å². The molecule has 0 fully saturated rings. The second-order valence-corrected chi connectivity index (χ2v) is 5.61. The van der Waals surface area contributed by atoms with E-state index in [1.54, 1.807) is 6.20 Å². The van der Waals surface area contributed by atoms with Crippen molar-refractivity contribution in [2.45, 2.75) is 52.2 Å². The van der Waals surface area contributed by atoms with Gasteiger partial charge in [-0.05, 0) is 46.4 Å². The van der Waals surface area contributed by atoms with E-state index < -0.39 is 11.1 Å². The highest BCUT2D eigenvalue weighted by Crippen LogP contribution is 2.35. The molecule has 1 N–H and O–H groups in total. The van der Waals surface area contributed by atoms with E-state index in [1.165, 1.54) is 0 Å². The quantitative estimate of drug-likeness (QED) is 0.762. The lowest BCUT2D eigenvalue weighted by molar-refractivity contribution is -0.161. The lowest BCUT2D eigenvalue weighted by Crippen LogP contribution is -2.57. The molecule has 0 radical (unpaired) electrons. The molecule has 0 saturated carbocycles. The van der Waals surface area contributed by atoms with Gasteiger partial charge in [0.25, 0.3) is 0 Å². The van der Waals surface area contributed by atoms with Crippen LogP contribution in [0.25, 0.3) is 0 Å². The van der Waals surface area contributed by atoms with Crippen molar-refractivity contribution < 1.29 is 9.53 Å². The molecule has 4 heteroatoms. The normalized spacial score (nSPS) is 24.8. The second kappa shape index (κ2) is 4.40. The Balaban J connectivity index is 2.72. The maximum absolute atomic E-state index is 12.0. The smallest absolute Gasteiger partial charge is 0.311 e. The van der Waals surface area contributed by atoms with Crippen molar-refractivity contribution >= 4 is 5.97 Å². The molecular weight excluding hydrogens is 216 g/mol. The predicted molar refractivity (Wildman–Crippen MR) is 64.9 cm³/mol. The van der Waals surface area contributed by atoms with Crippen molar-refractivity contribution in [2.24, 2.45) is 5.92 Å². The van der Waals surface area contributed by atoms with Gasteiger partial charge in [-0.25, -0.2) is 0 Å². The molecule has 0 aliphatic carbocycles. The Kier molecular flexibility index (Phi) is 3.51. The third-order valence-corrected chi connectivity index (χ3v) is 3.11. The van der Waals surface area contributed by atoms with Gasteiger partial charge in [0, 0.05) is 0 Å². The van der Waals surface area contributed by atoms with Crippen molar-refractivity contribution in [1.29, 1.82) is 5.26 Å². The zero-order chi connectivity index (χ0) is 13.3. The molecule has 1 heterocycles. The van der Waals surface area contributed by atoms with Gasteiger partial charge in [-0.2, -0.15) is 5.26 Å². The second-order valence-electron chi connectivity index (χ2n) is 5.61. The molecule has 0 amide bonds. The average Bonchev–Trinajstić information content (AvgIpc) is 2.19. The summed E-state index contributed by atoms with van der Waals surface area (Å²) < 4.78 is 5.36. The van der Waals surface area contributed by atoms with Crippen LogP contribution in [0.2, 0.25) is 0 Å². The van der Waals surface area contributed by atoms with Gasteiger partial charge in [-0.15, -0.1) is 0 Å². The maximum atomic E-state index is 12.0. The van der Waals surface area contributed by atoms with E-state index in [2.05, 4.69) is 11.4 Å². The first-order valence-corrected chi connectivity index (χ1v) is 5.78. The summed E-state index contributed by atoms with van der Waals surface area (Å²) in [6, 6.07) is 2.11. The van der Waals surface area contributed by atoms with Crippen LogP contribution in [0.1, 0.15) is 41.0 Å². The fourth-order valence-electron chi connectivity index (χ4n) is 1.75. The summed E-state index contributed by atoms with van der Waals surface area (Å²) in [7, 11) is 0. The Labute approximate surface area is 103 Å². The summed E-state index contributed by atoms with van der Waals surface area (Å²) >= 11 is 0. The minimum atomic E-state index is -0.482. The SMILES string of the molecule is C[C@@H](C(=O)OC(C)(C)C)C1(C)NC=C1CC#N. The summed E-state index contributed by atoms with van der Waals surface area (Å²) in [6.45, 7) is 9.29. The Morgan fingerprint density at radius 1 is 1.65 bits per heavy atom. The zero-order valence-electron chi connectivity index (χ0n) is 11.1. The molecule has 1 aliphatic rings. The fourth-order valence-corrected chi connectivity index (χ4v) is 1.75. The molecule has 0 spiro atoms. The molecule has 0 aromatic heterocycles. The summed E-state index contributed by atoms with van der Waals surface area (Å²) in [5.41, 5.74) is 0.0289. The van der Waals surface area contributed by atoms with Crippen LogP contribution in [-0.4, -0.2) is 17.1 Å². The van der Waals surface area contributed by atoms with E-state index in [0.717, 1.165) is 5.57 Å². The number of carbonyl (C=O) groups is 1. The molecule has 0 bridgehead atoms. The van der Waals surface area contributed by atoms with Gasteiger partial charge < -0.3 is 10.1 Å².